The molecule has 0 aliphatic carbocycles. The van der Waals surface area contributed by atoms with Gasteiger partial charge in [0.2, 0.25) is 0 Å². The molecular formula is C15H20F2N2OS. The van der Waals surface area contributed by atoms with E-state index in [0.717, 1.165) is 18.1 Å². The van der Waals surface area contributed by atoms with Crippen LogP contribution in [0.15, 0.2) is 29.3 Å². The average molecular weight is 314 g/mol. The van der Waals surface area contributed by atoms with Crippen molar-refractivity contribution in [2.75, 3.05) is 11.9 Å². The van der Waals surface area contributed by atoms with Crippen molar-refractivity contribution in [1.82, 2.24) is 0 Å². The predicted molar refractivity (Wildman–Crippen MR) is 84.4 cm³/mol. The molecular weight excluding hydrogens is 294 g/mol. The Morgan fingerprint density at radius 1 is 1.38 bits per heavy atom. The number of thioether (sulfide) groups is 1. The van der Waals surface area contributed by atoms with Crippen LogP contribution in [0.5, 0.6) is 5.75 Å². The van der Waals surface area contributed by atoms with Gasteiger partial charge in [-0.1, -0.05) is 44.7 Å². The highest BCUT2D eigenvalue weighted by Gasteiger charge is 2.25. The SMILES string of the molecule is CC(C)(C)CC1CN=C(Nc2ccccc2OC(F)F)S1. The molecule has 1 aromatic rings. The van der Waals surface area contributed by atoms with Gasteiger partial charge in [0, 0.05) is 5.25 Å². The second kappa shape index (κ2) is 6.64. The molecule has 0 fully saturated rings. The molecule has 1 heterocycles. The fourth-order valence-corrected chi connectivity index (χ4v) is 3.53. The molecule has 0 bridgehead atoms. The van der Waals surface area contributed by atoms with E-state index in [1.807, 2.05) is 0 Å². The molecule has 0 saturated heterocycles. The van der Waals surface area contributed by atoms with E-state index in [-0.39, 0.29) is 11.2 Å². The van der Waals surface area contributed by atoms with E-state index in [4.69, 9.17) is 0 Å². The minimum atomic E-state index is -2.83. The molecule has 0 amide bonds. The Morgan fingerprint density at radius 2 is 2.10 bits per heavy atom. The number of hydrogen-bond acceptors (Lipinski definition) is 4. The molecule has 0 radical (unpaired) electrons. The van der Waals surface area contributed by atoms with Crippen LogP contribution in [0.1, 0.15) is 27.2 Å². The van der Waals surface area contributed by atoms with E-state index >= 15 is 0 Å². The Morgan fingerprint density at radius 3 is 2.76 bits per heavy atom. The number of anilines is 1. The van der Waals surface area contributed by atoms with Crippen molar-refractivity contribution >= 4 is 22.6 Å². The summed E-state index contributed by atoms with van der Waals surface area (Å²) in [5.41, 5.74) is 0.764. The molecule has 0 spiro atoms. The number of rotatable bonds is 4. The number of para-hydroxylation sites is 2. The van der Waals surface area contributed by atoms with Crippen molar-refractivity contribution in [1.29, 1.82) is 0 Å². The van der Waals surface area contributed by atoms with Gasteiger partial charge in [-0.15, -0.1) is 0 Å². The first-order chi connectivity index (χ1) is 9.83. The maximum absolute atomic E-state index is 12.4. The van der Waals surface area contributed by atoms with Gasteiger partial charge >= 0.3 is 6.61 Å². The first-order valence-electron chi connectivity index (χ1n) is 6.85. The molecule has 1 aliphatic heterocycles. The summed E-state index contributed by atoms with van der Waals surface area (Å²) in [5, 5.41) is 4.27. The molecule has 1 atom stereocenters. The van der Waals surface area contributed by atoms with Crippen LogP contribution >= 0.6 is 11.8 Å². The van der Waals surface area contributed by atoms with Gasteiger partial charge in [-0.2, -0.15) is 8.78 Å². The lowest BCUT2D eigenvalue weighted by atomic mass is 9.90. The minimum absolute atomic E-state index is 0.134. The van der Waals surface area contributed by atoms with Crippen molar-refractivity contribution in [3.63, 3.8) is 0 Å². The van der Waals surface area contributed by atoms with Gasteiger partial charge in [0.05, 0.1) is 12.2 Å². The lowest BCUT2D eigenvalue weighted by molar-refractivity contribution is -0.0493. The summed E-state index contributed by atoms with van der Waals surface area (Å²) in [4.78, 5) is 4.44. The molecule has 0 aromatic heterocycles. The van der Waals surface area contributed by atoms with Gasteiger partial charge in [0.1, 0.15) is 5.75 Å². The first-order valence-corrected chi connectivity index (χ1v) is 7.73. The average Bonchev–Trinajstić information content (AvgIpc) is 2.76. The third-order valence-corrected chi connectivity index (χ3v) is 4.01. The van der Waals surface area contributed by atoms with Crippen LogP contribution in [0.25, 0.3) is 0 Å². The summed E-state index contributed by atoms with van der Waals surface area (Å²) in [6, 6.07) is 6.65. The monoisotopic (exact) mass is 314 g/mol. The van der Waals surface area contributed by atoms with Crippen LogP contribution in [-0.2, 0) is 0 Å². The summed E-state index contributed by atoms with van der Waals surface area (Å²) in [5.74, 6) is 0.134. The Balaban J connectivity index is 1.97. The number of ether oxygens (including phenoxy) is 1. The van der Waals surface area contributed by atoms with E-state index in [1.54, 1.807) is 30.0 Å². The van der Waals surface area contributed by atoms with E-state index in [1.165, 1.54) is 6.07 Å². The largest absolute Gasteiger partial charge is 0.433 e. The maximum Gasteiger partial charge on any atom is 0.387 e. The highest BCUT2D eigenvalue weighted by atomic mass is 32.2. The fraction of sp³-hybridized carbons (Fsp3) is 0.533. The summed E-state index contributed by atoms with van der Waals surface area (Å²) < 4.78 is 29.3. The highest BCUT2D eigenvalue weighted by molar-refractivity contribution is 8.15. The van der Waals surface area contributed by atoms with Crippen LogP contribution in [0.4, 0.5) is 14.5 Å². The Bertz CT molecular complexity index is 515. The number of alkyl halides is 2. The quantitative estimate of drug-likeness (QED) is 0.881. The minimum Gasteiger partial charge on any atom is -0.433 e. The summed E-state index contributed by atoms with van der Waals surface area (Å²) in [7, 11) is 0. The van der Waals surface area contributed by atoms with E-state index in [2.05, 4.69) is 35.8 Å². The Kier molecular flexibility index (Phi) is 5.08. The molecule has 6 heteroatoms. The van der Waals surface area contributed by atoms with E-state index in [9.17, 15) is 8.78 Å². The molecule has 2 rings (SSSR count). The topological polar surface area (TPSA) is 33.6 Å². The van der Waals surface area contributed by atoms with E-state index < -0.39 is 6.61 Å². The first kappa shape index (κ1) is 16.1. The third kappa shape index (κ3) is 5.19. The van der Waals surface area contributed by atoms with Gasteiger partial charge in [-0.05, 0) is 24.0 Å². The number of nitrogens with one attached hydrogen (secondary N) is 1. The summed E-state index contributed by atoms with van der Waals surface area (Å²) >= 11 is 1.66. The number of nitrogens with zero attached hydrogens (tertiary/aromatic N) is 1. The van der Waals surface area contributed by atoms with Crippen molar-refractivity contribution in [2.24, 2.45) is 10.4 Å². The van der Waals surface area contributed by atoms with Crippen molar-refractivity contribution in [2.45, 2.75) is 39.1 Å². The number of aliphatic imine (C=N–C) groups is 1. The number of hydrogen-bond donors (Lipinski definition) is 1. The highest BCUT2D eigenvalue weighted by Crippen LogP contribution is 2.34. The molecule has 116 valence electrons. The zero-order valence-corrected chi connectivity index (χ0v) is 13.2. The van der Waals surface area contributed by atoms with Gasteiger partial charge in [-0.3, -0.25) is 4.99 Å². The summed E-state index contributed by atoms with van der Waals surface area (Å²) in [6.07, 6.45) is 1.06. The molecule has 1 aromatic carbocycles. The molecule has 1 aliphatic rings. The number of benzene rings is 1. The number of amidine groups is 1. The standard InChI is InChI=1S/C15H20F2N2OS/c1-15(2,3)8-10-9-18-14(21-10)19-11-6-4-5-7-12(11)20-13(16)17/h4-7,10,13H,8-9H2,1-3H3,(H,18,19). The van der Waals surface area contributed by atoms with Crippen LogP contribution in [-0.4, -0.2) is 23.6 Å². The van der Waals surface area contributed by atoms with Gasteiger partial charge in [0.25, 0.3) is 0 Å². The molecule has 1 unspecified atom stereocenters. The van der Waals surface area contributed by atoms with Crippen LogP contribution in [0.2, 0.25) is 0 Å². The second-order valence-corrected chi connectivity index (χ2v) is 7.44. The fourth-order valence-electron chi connectivity index (χ4n) is 2.16. The van der Waals surface area contributed by atoms with Gasteiger partial charge < -0.3 is 10.1 Å². The van der Waals surface area contributed by atoms with Crippen LogP contribution < -0.4 is 10.1 Å². The zero-order valence-electron chi connectivity index (χ0n) is 12.4. The predicted octanol–water partition coefficient (Wildman–Crippen LogP) is 4.61. The lowest BCUT2D eigenvalue weighted by Crippen LogP contribution is -2.16. The Labute approximate surface area is 128 Å². The van der Waals surface area contributed by atoms with Crippen molar-refractivity contribution < 1.29 is 13.5 Å². The second-order valence-electron chi connectivity index (χ2n) is 6.15. The molecule has 0 saturated carbocycles. The van der Waals surface area contributed by atoms with Crippen molar-refractivity contribution in [3.8, 4) is 5.75 Å². The van der Waals surface area contributed by atoms with Gasteiger partial charge in [0.15, 0.2) is 5.17 Å². The van der Waals surface area contributed by atoms with Gasteiger partial charge in [-0.25, -0.2) is 0 Å². The smallest absolute Gasteiger partial charge is 0.387 e. The van der Waals surface area contributed by atoms with Crippen LogP contribution in [0.3, 0.4) is 0 Å². The molecule has 3 nitrogen and oxygen atoms in total. The zero-order chi connectivity index (χ0) is 15.5. The van der Waals surface area contributed by atoms with Crippen molar-refractivity contribution in [3.05, 3.63) is 24.3 Å². The third-order valence-electron chi connectivity index (χ3n) is 2.90. The normalized spacial score (nSPS) is 18.8. The van der Waals surface area contributed by atoms with E-state index in [0.29, 0.717) is 10.9 Å². The summed E-state index contributed by atoms with van der Waals surface area (Å²) in [6.45, 7) is 4.52. The lowest BCUT2D eigenvalue weighted by Gasteiger charge is -2.21. The molecule has 21 heavy (non-hydrogen) atoms. The number of halogens is 2. The van der Waals surface area contributed by atoms with Crippen LogP contribution in [0, 0.1) is 5.41 Å². The Hall–Kier alpha value is -1.30. The molecule has 1 N–H and O–H groups in total. The maximum atomic E-state index is 12.4.